The number of H-pyrrole nitrogens is 1. The normalized spacial score (nSPS) is 14.0. The van der Waals surface area contributed by atoms with Crippen LogP contribution in [0.5, 0.6) is 0 Å². The first-order valence-corrected chi connectivity index (χ1v) is 11.3. The highest BCUT2D eigenvalue weighted by Gasteiger charge is 2.38. The van der Waals surface area contributed by atoms with Gasteiger partial charge in [-0.05, 0) is 28.8 Å². The number of alkyl halides is 3. The molecule has 0 radical (unpaired) electrons. The molecule has 0 spiro atoms. The average Bonchev–Trinajstić information content (AvgIpc) is 3.34. The fraction of sp³-hybridized carbons (Fsp3) is 0.269. The number of ether oxygens (including phenoxy) is 1. The summed E-state index contributed by atoms with van der Waals surface area (Å²) in [6.45, 7) is 7.65. The summed E-state index contributed by atoms with van der Waals surface area (Å²) in [7, 11) is 0. The summed E-state index contributed by atoms with van der Waals surface area (Å²) >= 11 is 0. The number of aliphatic carboxylic acids is 1. The van der Waals surface area contributed by atoms with E-state index in [9.17, 15) is 22.8 Å². The lowest BCUT2D eigenvalue weighted by Gasteiger charge is -2.26. The maximum Gasteiger partial charge on any atom is 0.490 e. The molecule has 1 saturated heterocycles. The number of halogens is 3. The highest BCUT2D eigenvalue weighted by atomic mass is 19.4. The average molecular weight is 518 g/mol. The number of nitrogens with zero attached hydrogens (tertiary/aromatic N) is 1. The number of nitrogens with two attached hydrogens (primary N) is 1. The molecule has 0 unspecified atom stereocenters. The molecule has 0 atom stereocenters. The van der Waals surface area contributed by atoms with Crippen molar-refractivity contribution in [1.82, 2.24) is 9.88 Å². The van der Waals surface area contributed by atoms with Crippen LogP contribution in [0, 0.1) is 0 Å². The Bertz CT molecular complexity index is 1310. The van der Waals surface area contributed by atoms with Gasteiger partial charge in [-0.1, -0.05) is 36.9 Å². The van der Waals surface area contributed by atoms with E-state index in [2.05, 4.69) is 16.5 Å². The van der Waals surface area contributed by atoms with E-state index in [0.717, 1.165) is 40.7 Å². The molecule has 0 bridgehead atoms. The van der Waals surface area contributed by atoms with Gasteiger partial charge in [0.15, 0.2) is 5.78 Å². The summed E-state index contributed by atoms with van der Waals surface area (Å²) in [6.07, 6.45) is -2.98. The van der Waals surface area contributed by atoms with Crippen molar-refractivity contribution >= 4 is 28.6 Å². The number of aromatic amines is 1. The number of Topliss-reactive ketones (excluding diaryl/α,β-unsaturated/α-hetero) is 1. The van der Waals surface area contributed by atoms with E-state index in [1.807, 2.05) is 36.4 Å². The van der Waals surface area contributed by atoms with Crippen LogP contribution in [-0.4, -0.2) is 71.7 Å². The maximum atomic E-state index is 12.7. The zero-order chi connectivity index (χ0) is 27.2. The second-order valence-corrected chi connectivity index (χ2v) is 8.39. The van der Waals surface area contributed by atoms with Crippen molar-refractivity contribution in [2.45, 2.75) is 12.6 Å². The van der Waals surface area contributed by atoms with Gasteiger partial charge in [0.1, 0.15) is 0 Å². The number of carboxylic acid groups (broad SMARTS) is 1. The molecule has 4 rings (SSSR count). The Balaban J connectivity index is 0.000000479. The zero-order valence-electron chi connectivity index (χ0n) is 19.8. The summed E-state index contributed by atoms with van der Waals surface area (Å²) in [5.41, 5.74) is 10.2. The first-order valence-electron chi connectivity index (χ1n) is 11.3. The number of rotatable bonds is 7. The van der Waals surface area contributed by atoms with Crippen LogP contribution in [0.2, 0.25) is 0 Å². The van der Waals surface area contributed by atoms with Crippen LogP contribution >= 0.6 is 0 Å². The van der Waals surface area contributed by atoms with Crippen LogP contribution in [0.1, 0.15) is 15.9 Å². The first kappa shape index (κ1) is 27.6. The standard InChI is InChI=1S/C24H25N3O3.C2HF3O2/c1-16(15-27-9-11-30-12-10-27)22(28)14-17-3-2-4-18(13-17)19-5-6-21(24(25)29)23-20(19)7-8-26-23;3-2(4,5)1(6)7/h2-8,13,26H,1,9-12,14-15H2,(H2,25,29);(H,6,7). The molecule has 1 aliphatic heterocycles. The molecular formula is C26H26F3N3O5. The predicted molar refractivity (Wildman–Crippen MR) is 131 cm³/mol. The highest BCUT2D eigenvalue weighted by Crippen LogP contribution is 2.31. The number of benzene rings is 2. The second kappa shape index (κ2) is 11.8. The highest BCUT2D eigenvalue weighted by molar-refractivity contribution is 6.09. The van der Waals surface area contributed by atoms with Gasteiger partial charge in [0.2, 0.25) is 0 Å². The van der Waals surface area contributed by atoms with Crippen LogP contribution < -0.4 is 5.73 Å². The number of primary amides is 1. The molecule has 0 saturated carbocycles. The molecule has 3 aromatic rings. The Morgan fingerprint density at radius 2 is 1.78 bits per heavy atom. The Morgan fingerprint density at radius 3 is 2.41 bits per heavy atom. The molecule has 196 valence electrons. The topological polar surface area (TPSA) is 126 Å². The number of hydrogen-bond donors (Lipinski definition) is 3. The van der Waals surface area contributed by atoms with Gasteiger partial charge in [-0.15, -0.1) is 0 Å². The van der Waals surface area contributed by atoms with Gasteiger partial charge >= 0.3 is 12.1 Å². The molecule has 0 aliphatic carbocycles. The predicted octanol–water partition coefficient (Wildman–Crippen LogP) is 3.57. The van der Waals surface area contributed by atoms with Crippen molar-refractivity contribution in [3.05, 3.63) is 71.9 Å². The van der Waals surface area contributed by atoms with E-state index in [1.165, 1.54) is 0 Å². The van der Waals surface area contributed by atoms with Crippen molar-refractivity contribution in [3.63, 3.8) is 0 Å². The molecular weight excluding hydrogens is 491 g/mol. The molecule has 4 N–H and O–H groups in total. The largest absolute Gasteiger partial charge is 0.490 e. The number of morpholine rings is 1. The molecule has 1 fully saturated rings. The third-order valence-electron chi connectivity index (χ3n) is 5.75. The van der Waals surface area contributed by atoms with E-state index in [4.69, 9.17) is 20.4 Å². The SMILES string of the molecule is C=C(CN1CCOCC1)C(=O)Cc1cccc(-c2ccc(C(N)=O)c3[nH]ccc23)c1.O=C(O)C(F)(F)F. The second-order valence-electron chi connectivity index (χ2n) is 8.39. The number of hydrogen-bond acceptors (Lipinski definition) is 5. The molecule has 2 aromatic carbocycles. The number of carbonyl (C=O) groups excluding carboxylic acids is 2. The van der Waals surface area contributed by atoms with Crippen molar-refractivity contribution in [1.29, 1.82) is 0 Å². The van der Waals surface area contributed by atoms with Crippen molar-refractivity contribution < 1.29 is 37.4 Å². The summed E-state index contributed by atoms with van der Waals surface area (Å²) < 4.78 is 37.1. The molecule has 1 amide bonds. The minimum Gasteiger partial charge on any atom is -0.475 e. The minimum atomic E-state index is -5.08. The van der Waals surface area contributed by atoms with Crippen LogP contribution in [-0.2, 0) is 20.7 Å². The number of carboxylic acids is 1. The number of fused-ring (bicyclic) bond motifs is 1. The Labute approximate surface area is 210 Å². The first-order chi connectivity index (χ1) is 17.5. The third-order valence-corrected chi connectivity index (χ3v) is 5.75. The fourth-order valence-electron chi connectivity index (χ4n) is 3.89. The summed E-state index contributed by atoms with van der Waals surface area (Å²) in [6, 6.07) is 13.5. The third kappa shape index (κ3) is 7.28. The van der Waals surface area contributed by atoms with Gasteiger partial charge in [-0.25, -0.2) is 4.79 Å². The molecule has 8 nitrogen and oxygen atoms in total. The number of carbonyl (C=O) groups is 3. The van der Waals surface area contributed by atoms with Crippen LogP contribution in [0.15, 0.2) is 60.8 Å². The van der Waals surface area contributed by atoms with E-state index in [0.29, 0.717) is 37.3 Å². The van der Waals surface area contributed by atoms with E-state index in [1.54, 1.807) is 12.3 Å². The van der Waals surface area contributed by atoms with Crippen molar-refractivity contribution in [3.8, 4) is 11.1 Å². The number of amides is 1. The lowest BCUT2D eigenvalue weighted by Crippen LogP contribution is -2.38. The molecule has 37 heavy (non-hydrogen) atoms. The number of ketones is 1. The van der Waals surface area contributed by atoms with E-state index < -0.39 is 18.1 Å². The van der Waals surface area contributed by atoms with Gasteiger partial charge in [-0.2, -0.15) is 13.2 Å². The van der Waals surface area contributed by atoms with Gasteiger partial charge < -0.3 is 20.6 Å². The molecule has 1 aliphatic rings. The minimum absolute atomic E-state index is 0.0505. The number of nitrogens with one attached hydrogen (secondary N) is 1. The summed E-state index contributed by atoms with van der Waals surface area (Å²) in [5, 5.41) is 8.05. The molecule has 11 heteroatoms. The molecule has 2 heterocycles. The van der Waals surface area contributed by atoms with Crippen molar-refractivity contribution in [2.75, 3.05) is 32.8 Å². The summed E-state index contributed by atoms with van der Waals surface area (Å²) in [4.78, 5) is 38.6. The smallest absolute Gasteiger partial charge is 0.475 e. The van der Waals surface area contributed by atoms with Crippen LogP contribution in [0.25, 0.3) is 22.0 Å². The van der Waals surface area contributed by atoms with Gasteiger partial charge in [0.25, 0.3) is 5.91 Å². The lowest BCUT2D eigenvalue weighted by atomic mass is 9.95. The van der Waals surface area contributed by atoms with E-state index >= 15 is 0 Å². The van der Waals surface area contributed by atoms with Crippen molar-refractivity contribution in [2.24, 2.45) is 5.73 Å². The monoisotopic (exact) mass is 517 g/mol. The van der Waals surface area contributed by atoms with E-state index in [-0.39, 0.29) is 5.78 Å². The van der Waals surface area contributed by atoms with Gasteiger partial charge in [0, 0.05) is 43.2 Å². The molecule has 1 aromatic heterocycles. The Hall–Kier alpha value is -3.96. The summed E-state index contributed by atoms with van der Waals surface area (Å²) in [5.74, 6) is -3.17. The Kier molecular flexibility index (Phi) is 8.85. The van der Waals surface area contributed by atoms with Crippen LogP contribution in [0.3, 0.4) is 0 Å². The zero-order valence-corrected chi connectivity index (χ0v) is 19.8. The van der Waals surface area contributed by atoms with Gasteiger partial charge in [-0.3, -0.25) is 14.5 Å². The van der Waals surface area contributed by atoms with Gasteiger partial charge in [0.05, 0.1) is 24.3 Å². The lowest BCUT2D eigenvalue weighted by molar-refractivity contribution is -0.192. The fourth-order valence-corrected chi connectivity index (χ4v) is 3.89. The van der Waals surface area contributed by atoms with Crippen LogP contribution in [0.4, 0.5) is 13.2 Å². The number of aromatic nitrogens is 1. The Morgan fingerprint density at radius 1 is 1.11 bits per heavy atom. The maximum absolute atomic E-state index is 12.7. The quantitative estimate of drug-likeness (QED) is 0.412.